The van der Waals surface area contributed by atoms with Crippen molar-refractivity contribution in [2.45, 2.75) is 26.1 Å². The molecule has 0 saturated heterocycles. The fourth-order valence-electron chi connectivity index (χ4n) is 0.993. The minimum absolute atomic E-state index is 0.188. The Morgan fingerprint density at radius 3 is 2.50 bits per heavy atom. The van der Waals surface area contributed by atoms with E-state index in [0.717, 1.165) is 5.69 Å². The van der Waals surface area contributed by atoms with E-state index >= 15 is 0 Å². The Morgan fingerprint density at radius 1 is 1.67 bits per heavy atom. The molecule has 0 spiro atoms. The predicted octanol–water partition coefficient (Wildman–Crippen LogP) is 2.14. The standard InChI is InChI=1S/C7H11F2N2P/c1-3-11-5(2)4-6(10-11)7(8,9)12/h4H,3,12H2,1-2H3. The van der Waals surface area contributed by atoms with E-state index < -0.39 is 5.66 Å². The van der Waals surface area contributed by atoms with Gasteiger partial charge in [0.05, 0.1) is 0 Å². The highest BCUT2D eigenvalue weighted by atomic mass is 31.0. The van der Waals surface area contributed by atoms with Gasteiger partial charge in [-0.15, -0.1) is 0 Å². The van der Waals surface area contributed by atoms with Crippen molar-refractivity contribution in [2.24, 2.45) is 0 Å². The van der Waals surface area contributed by atoms with Gasteiger partial charge in [-0.05, 0) is 19.9 Å². The van der Waals surface area contributed by atoms with Crippen LogP contribution in [-0.2, 0) is 12.2 Å². The SMILES string of the molecule is CCn1nc(C(F)(F)P)cc1C. The molecule has 0 aliphatic rings. The van der Waals surface area contributed by atoms with Gasteiger partial charge in [0.1, 0.15) is 5.69 Å². The normalized spacial score (nSPS) is 12.1. The predicted molar refractivity (Wildman–Crippen MR) is 46.2 cm³/mol. The van der Waals surface area contributed by atoms with E-state index in [4.69, 9.17) is 0 Å². The summed E-state index contributed by atoms with van der Waals surface area (Å²) < 4.78 is 26.9. The molecular weight excluding hydrogens is 181 g/mol. The van der Waals surface area contributed by atoms with E-state index in [-0.39, 0.29) is 5.69 Å². The van der Waals surface area contributed by atoms with Gasteiger partial charge < -0.3 is 0 Å². The lowest BCUT2D eigenvalue weighted by Crippen LogP contribution is -2.05. The lowest BCUT2D eigenvalue weighted by atomic mass is 10.4. The van der Waals surface area contributed by atoms with Gasteiger partial charge in [-0.3, -0.25) is 4.68 Å². The van der Waals surface area contributed by atoms with Crippen LogP contribution < -0.4 is 0 Å². The van der Waals surface area contributed by atoms with E-state index in [1.54, 1.807) is 11.6 Å². The summed E-state index contributed by atoms with van der Waals surface area (Å²) in [4.78, 5) is 0. The molecule has 12 heavy (non-hydrogen) atoms. The van der Waals surface area contributed by atoms with Crippen molar-refractivity contribution in [1.82, 2.24) is 9.78 Å². The van der Waals surface area contributed by atoms with Crippen LogP contribution in [-0.4, -0.2) is 9.78 Å². The second-order valence-electron chi connectivity index (χ2n) is 2.61. The summed E-state index contributed by atoms with van der Waals surface area (Å²) in [6.45, 7) is 4.24. The number of rotatable bonds is 2. The van der Waals surface area contributed by atoms with Crippen LogP contribution in [0.15, 0.2) is 6.07 Å². The van der Waals surface area contributed by atoms with Crippen LogP contribution in [0.25, 0.3) is 0 Å². The van der Waals surface area contributed by atoms with Crippen molar-refractivity contribution in [1.29, 1.82) is 0 Å². The lowest BCUT2D eigenvalue weighted by molar-refractivity contribution is 0.0977. The Labute approximate surface area is 72.2 Å². The number of alkyl halides is 2. The Kier molecular flexibility index (Phi) is 2.47. The zero-order valence-corrected chi connectivity index (χ0v) is 8.17. The molecule has 68 valence electrons. The summed E-state index contributed by atoms with van der Waals surface area (Å²) in [5, 5.41) is 3.75. The topological polar surface area (TPSA) is 17.8 Å². The summed E-state index contributed by atoms with van der Waals surface area (Å²) >= 11 is 0. The minimum atomic E-state index is -2.91. The highest BCUT2D eigenvalue weighted by Gasteiger charge is 2.28. The van der Waals surface area contributed by atoms with Crippen LogP contribution >= 0.6 is 9.24 Å². The van der Waals surface area contributed by atoms with Crippen LogP contribution in [0.2, 0.25) is 0 Å². The van der Waals surface area contributed by atoms with Crippen LogP contribution in [0, 0.1) is 6.92 Å². The molecule has 0 aliphatic carbocycles. The van der Waals surface area contributed by atoms with Crippen LogP contribution in [0.4, 0.5) is 8.78 Å². The first-order chi connectivity index (χ1) is 5.45. The van der Waals surface area contributed by atoms with Crippen LogP contribution in [0.5, 0.6) is 0 Å². The summed E-state index contributed by atoms with van der Waals surface area (Å²) in [6, 6.07) is 1.40. The molecular formula is C7H11F2N2P. The average molecular weight is 192 g/mol. The molecule has 0 saturated carbocycles. The number of halogens is 2. The van der Waals surface area contributed by atoms with Gasteiger partial charge in [-0.2, -0.15) is 13.9 Å². The number of nitrogens with zero attached hydrogens (tertiary/aromatic N) is 2. The maximum Gasteiger partial charge on any atom is 0.302 e. The van der Waals surface area contributed by atoms with E-state index in [1.165, 1.54) is 15.3 Å². The molecule has 1 aromatic rings. The third-order valence-corrected chi connectivity index (χ3v) is 1.92. The second-order valence-corrected chi connectivity index (χ2v) is 3.33. The van der Waals surface area contributed by atoms with Gasteiger partial charge in [-0.1, -0.05) is 9.24 Å². The second kappa shape index (κ2) is 3.09. The molecule has 1 rings (SSSR count). The van der Waals surface area contributed by atoms with E-state index in [2.05, 4.69) is 5.10 Å². The monoisotopic (exact) mass is 192 g/mol. The summed E-state index contributed by atoms with van der Waals surface area (Å²) in [5.41, 5.74) is -2.34. The number of hydrogen-bond donors (Lipinski definition) is 0. The number of aryl methyl sites for hydroxylation is 2. The molecule has 1 unspecified atom stereocenters. The van der Waals surface area contributed by atoms with Gasteiger partial charge >= 0.3 is 5.66 Å². The molecule has 0 aromatic carbocycles. The molecule has 2 nitrogen and oxygen atoms in total. The first-order valence-corrected chi connectivity index (χ1v) is 4.24. The Morgan fingerprint density at radius 2 is 2.25 bits per heavy atom. The number of hydrogen-bond acceptors (Lipinski definition) is 1. The van der Waals surface area contributed by atoms with Gasteiger partial charge in [0.25, 0.3) is 0 Å². The quantitative estimate of drug-likeness (QED) is 0.656. The van der Waals surface area contributed by atoms with Crippen molar-refractivity contribution >= 4 is 9.24 Å². The van der Waals surface area contributed by atoms with Crippen molar-refractivity contribution < 1.29 is 8.78 Å². The third kappa shape index (κ3) is 1.81. The van der Waals surface area contributed by atoms with Crippen LogP contribution in [0.1, 0.15) is 18.3 Å². The molecule has 0 radical (unpaired) electrons. The lowest BCUT2D eigenvalue weighted by Gasteiger charge is -2.04. The average Bonchev–Trinajstić information content (AvgIpc) is 2.29. The molecule has 0 fully saturated rings. The minimum Gasteiger partial charge on any atom is -0.270 e. The largest absolute Gasteiger partial charge is 0.302 e. The summed E-state index contributed by atoms with van der Waals surface area (Å²) in [6.07, 6.45) is 0. The maximum atomic E-state index is 12.7. The molecule has 1 aromatic heterocycles. The summed E-state index contributed by atoms with van der Waals surface area (Å²) in [5.74, 6) is 0. The Bertz CT molecular complexity index is 277. The fraction of sp³-hybridized carbons (Fsp3) is 0.571. The highest BCUT2D eigenvalue weighted by molar-refractivity contribution is 7.17. The molecule has 0 N–H and O–H groups in total. The van der Waals surface area contributed by atoms with E-state index in [0.29, 0.717) is 6.54 Å². The smallest absolute Gasteiger partial charge is 0.270 e. The zero-order chi connectivity index (χ0) is 9.35. The van der Waals surface area contributed by atoms with Gasteiger partial charge in [-0.25, -0.2) is 0 Å². The van der Waals surface area contributed by atoms with Crippen molar-refractivity contribution in [2.75, 3.05) is 0 Å². The third-order valence-electron chi connectivity index (χ3n) is 1.62. The van der Waals surface area contributed by atoms with Crippen LogP contribution in [0.3, 0.4) is 0 Å². The Hall–Kier alpha value is -0.500. The Balaban J connectivity index is 3.05. The van der Waals surface area contributed by atoms with Crippen molar-refractivity contribution in [3.05, 3.63) is 17.5 Å². The number of aromatic nitrogens is 2. The first-order valence-electron chi connectivity index (χ1n) is 3.66. The summed E-state index contributed by atoms with van der Waals surface area (Å²) in [7, 11) is 1.48. The van der Waals surface area contributed by atoms with Gasteiger partial charge in [0.15, 0.2) is 0 Å². The molecule has 0 aliphatic heterocycles. The zero-order valence-electron chi connectivity index (χ0n) is 7.01. The molecule has 1 heterocycles. The van der Waals surface area contributed by atoms with Gasteiger partial charge in [0, 0.05) is 12.2 Å². The fourth-order valence-corrected chi connectivity index (χ4v) is 1.13. The molecule has 1 atom stereocenters. The van der Waals surface area contributed by atoms with E-state index in [1.807, 2.05) is 6.92 Å². The van der Waals surface area contributed by atoms with Crippen molar-refractivity contribution in [3.63, 3.8) is 0 Å². The highest BCUT2D eigenvalue weighted by Crippen LogP contribution is 2.33. The van der Waals surface area contributed by atoms with E-state index in [9.17, 15) is 8.78 Å². The van der Waals surface area contributed by atoms with Crippen molar-refractivity contribution in [3.8, 4) is 0 Å². The molecule has 0 amide bonds. The molecule has 5 heteroatoms. The maximum absolute atomic E-state index is 12.7. The van der Waals surface area contributed by atoms with Gasteiger partial charge in [0.2, 0.25) is 0 Å². The first kappa shape index (κ1) is 9.59. The molecule has 0 bridgehead atoms.